The summed E-state index contributed by atoms with van der Waals surface area (Å²) in [6.45, 7) is 6.18. The van der Waals surface area contributed by atoms with Crippen LogP contribution in [0.2, 0.25) is 0 Å². The molecule has 0 unspecified atom stereocenters. The van der Waals surface area contributed by atoms with Crippen molar-refractivity contribution in [1.82, 2.24) is 4.98 Å². The lowest BCUT2D eigenvalue weighted by atomic mass is 9.93. The standard InChI is InChI=1S/C14H14F3NOS.BrH/c1-13(2,3)11-8-20-12(18-11)9-4-6-10(7-5-9)19-14(15,16)17;/h4-8H,1-3H3;1H/p-1. The summed E-state index contributed by atoms with van der Waals surface area (Å²) >= 11 is 1.47. The molecule has 0 amide bonds. The Labute approximate surface area is 135 Å². The van der Waals surface area contributed by atoms with Crippen LogP contribution in [0.4, 0.5) is 13.2 Å². The summed E-state index contributed by atoms with van der Waals surface area (Å²) in [5.41, 5.74) is 1.70. The number of nitrogens with zero attached hydrogens (tertiary/aromatic N) is 1. The third-order valence-electron chi connectivity index (χ3n) is 2.61. The smallest absolute Gasteiger partial charge is 0.573 e. The fraction of sp³-hybridized carbons (Fsp3) is 0.357. The van der Waals surface area contributed by atoms with E-state index in [9.17, 15) is 13.2 Å². The van der Waals surface area contributed by atoms with Gasteiger partial charge in [-0.25, -0.2) is 4.98 Å². The second kappa shape index (κ2) is 6.36. The molecule has 7 heteroatoms. The molecule has 1 aromatic carbocycles. The summed E-state index contributed by atoms with van der Waals surface area (Å²) in [6, 6.07) is 5.74. The van der Waals surface area contributed by atoms with Gasteiger partial charge in [0.15, 0.2) is 0 Å². The number of alkyl halides is 3. The molecule has 116 valence electrons. The van der Waals surface area contributed by atoms with E-state index in [0.29, 0.717) is 0 Å². The number of aromatic nitrogens is 1. The highest BCUT2D eigenvalue weighted by atomic mass is 79.9. The van der Waals surface area contributed by atoms with Crippen molar-refractivity contribution in [3.63, 3.8) is 0 Å². The fourth-order valence-electron chi connectivity index (χ4n) is 1.55. The first kappa shape index (κ1) is 18.0. The molecular formula is C14H14BrF3NOS-. The fourth-order valence-corrected chi connectivity index (χ4v) is 2.60. The number of halogens is 4. The van der Waals surface area contributed by atoms with Gasteiger partial charge in [-0.2, -0.15) is 0 Å². The van der Waals surface area contributed by atoms with E-state index in [4.69, 9.17) is 0 Å². The quantitative estimate of drug-likeness (QED) is 0.794. The van der Waals surface area contributed by atoms with Gasteiger partial charge in [-0.05, 0) is 24.3 Å². The predicted molar refractivity (Wildman–Crippen MR) is 72.9 cm³/mol. The molecule has 2 nitrogen and oxygen atoms in total. The lowest BCUT2D eigenvalue weighted by molar-refractivity contribution is -0.274. The van der Waals surface area contributed by atoms with E-state index in [1.54, 1.807) is 12.1 Å². The van der Waals surface area contributed by atoms with E-state index in [0.717, 1.165) is 16.3 Å². The summed E-state index contributed by atoms with van der Waals surface area (Å²) in [6.07, 6.45) is -4.66. The number of thiazole rings is 1. The summed E-state index contributed by atoms with van der Waals surface area (Å²) in [4.78, 5) is 4.51. The second-order valence-corrected chi connectivity index (χ2v) is 6.22. The lowest BCUT2D eigenvalue weighted by Crippen LogP contribution is -3.00. The zero-order valence-electron chi connectivity index (χ0n) is 11.7. The lowest BCUT2D eigenvalue weighted by Gasteiger charge is -2.14. The molecule has 2 rings (SSSR count). The van der Waals surface area contributed by atoms with Crippen molar-refractivity contribution in [2.45, 2.75) is 32.5 Å². The third kappa shape index (κ3) is 5.00. The van der Waals surface area contributed by atoms with E-state index in [-0.39, 0.29) is 28.1 Å². The Bertz CT molecular complexity index is 588. The number of ether oxygens (including phenoxy) is 1. The van der Waals surface area contributed by atoms with E-state index < -0.39 is 6.36 Å². The van der Waals surface area contributed by atoms with Gasteiger partial charge in [-0.15, -0.1) is 24.5 Å². The van der Waals surface area contributed by atoms with Gasteiger partial charge in [0.2, 0.25) is 0 Å². The Morgan fingerprint density at radius 3 is 2.05 bits per heavy atom. The zero-order chi connectivity index (χ0) is 15.0. The highest BCUT2D eigenvalue weighted by Crippen LogP contribution is 2.31. The summed E-state index contributed by atoms with van der Waals surface area (Å²) in [7, 11) is 0. The first-order valence-corrected chi connectivity index (χ1v) is 6.85. The van der Waals surface area contributed by atoms with Crippen molar-refractivity contribution < 1.29 is 34.9 Å². The normalized spacial score (nSPS) is 11.9. The van der Waals surface area contributed by atoms with E-state index in [1.165, 1.54) is 23.5 Å². The predicted octanol–water partition coefficient (Wildman–Crippen LogP) is 2.01. The summed E-state index contributed by atoms with van der Waals surface area (Å²) < 4.78 is 40.0. The van der Waals surface area contributed by atoms with Crippen LogP contribution >= 0.6 is 11.3 Å². The average Bonchev–Trinajstić information content (AvgIpc) is 2.76. The molecule has 0 spiro atoms. The van der Waals surface area contributed by atoms with Gasteiger partial charge in [0.25, 0.3) is 0 Å². The molecule has 0 radical (unpaired) electrons. The van der Waals surface area contributed by atoms with Crippen LogP contribution in [-0.4, -0.2) is 11.3 Å². The van der Waals surface area contributed by atoms with Gasteiger partial charge in [0.05, 0.1) is 5.69 Å². The van der Waals surface area contributed by atoms with E-state index in [2.05, 4.69) is 30.5 Å². The summed E-state index contributed by atoms with van der Waals surface area (Å²) in [5, 5.41) is 2.75. The molecule has 0 aliphatic carbocycles. The highest BCUT2D eigenvalue weighted by Gasteiger charge is 2.31. The Balaban J connectivity index is 0.00000220. The van der Waals surface area contributed by atoms with Gasteiger partial charge in [-0.1, -0.05) is 20.8 Å². The molecule has 0 fully saturated rings. The van der Waals surface area contributed by atoms with Crippen molar-refractivity contribution in [3.05, 3.63) is 35.3 Å². The van der Waals surface area contributed by atoms with E-state index in [1.807, 2.05) is 5.38 Å². The van der Waals surface area contributed by atoms with Crippen LogP contribution in [0.25, 0.3) is 10.6 Å². The van der Waals surface area contributed by atoms with Gasteiger partial charge in [0, 0.05) is 16.4 Å². The van der Waals surface area contributed by atoms with Gasteiger partial charge in [0.1, 0.15) is 10.8 Å². The second-order valence-electron chi connectivity index (χ2n) is 5.36. The molecule has 0 bridgehead atoms. The molecule has 0 saturated heterocycles. The minimum absolute atomic E-state index is 0. The van der Waals surface area contributed by atoms with Crippen molar-refractivity contribution >= 4 is 11.3 Å². The molecule has 0 saturated carbocycles. The van der Waals surface area contributed by atoms with Crippen molar-refractivity contribution in [1.29, 1.82) is 0 Å². The molecule has 1 heterocycles. The Kier molecular flexibility index (Phi) is 5.44. The monoisotopic (exact) mass is 380 g/mol. The minimum Gasteiger partial charge on any atom is -1.00 e. The number of benzene rings is 1. The maximum absolute atomic E-state index is 12.1. The SMILES string of the molecule is CC(C)(C)c1csc(-c2ccc(OC(F)(F)F)cc2)n1.[Br-]. The maximum atomic E-state index is 12.1. The van der Waals surface area contributed by atoms with Gasteiger partial charge in [-0.3, -0.25) is 0 Å². The van der Waals surface area contributed by atoms with Gasteiger partial charge >= 0.3 is 6.36 Å². The number of rotatable bonds is 2. The molecule has 2 aromatic rings. The molecule has 1 aromatic heterocycles. The minimum atomic E-state index is -4.66. The summed E-state index contributed by atoms with van der Waals surface area (Å²) in [5.74, 6) is -0.228. The van der Waals surface area contributed by atoms with Crippen LogP contribution in [0.1, 0.15) is 26.5 Å². The Hall–Kier alpha value is -1.08. The van der Waals surface area contributed by atoms with Crippen LogP contribution in [0, 0.1) is 0 Å². The van der Waals surface area contributed by atoms with Crippen LogP contribution in [-0.2, 0) is 5.41 Å². The van der Waals surface area contributed by atoms with Crippen LogP contribution in [0.3, 0.4) is 0 Å². The molecule has 0 N–H and O–H groups in total. The maximum Gasteiger partial charge on any atom is 0.573 e. The molecule has 0 aliphatic rings. The highest BCUT2D eigenvalue weighted by molar-refractivity contribution is 7.13. The Morgan fingerprint density at radius 2 is 1.62 bits per heavy atom. The van der Waals surface area contributed by atoms with Crippen molar-refractivity contribution in [2.75, 3.05) is 0 Å². The topological polar surface area (TPSA) is 22.1 Å². The zero-order valence-corrected chi connectivity index (χ0v) is 14.1. The first-order valence-electron chi connectivity index (χ1n) is 5.97. The number of hydrogen-bond donors (Lipinski definition) is 0. The van der Waals surface area contributed by atoms with Crippen LogP contribution in [0.5, 0.6) is 5.75 Å². The number of hydrogen-bond acceptors (Lipinski definition) is 3. The third-order valence-corrected chi connectivity index (χ3v) is 3.50. The van der Waals surface area contributed by atoms with E-state index >= 15 is 0 Å². The molecule has 0 aliphatic heterocycles. The first-order chi connectivity index (χ1) is 9.15. The van der Waals surface area contributed by atoms with Crippen LogP contribution < -0.4 is 21.7 Å². The molecule has 21 heavy (non-hydrogen) atoms. The largest absolute Gasteiger partial charge is 1.00 e. The molecular weight excluding hydrogens is 367 g/mol. The van der Waals surface area contributed by atoms with Crippen LogP contribution in [0.15, 0.2) is 29.6 Å². The van der Waals surface area contributed by atoms with Gasteiger partial charge < -0.3 is 21.7 Å². The molecule has 0 atom stereocenters. The van der Waals surface area contributed by atoms with Crippen molar-refractivity contribution in [2.24, 2.45) is 0 Å². The average molecular weight is 381 g/mol. The Morgan fingerprint density at radius 1 is 1.05 bits per heavy atom. The van der Waals surface area contributed by atoms with Crippen molar-refractivity contribution in [3.8, 4) is 16.3 Å².